The highest BCUT2D eigenvalue weighted by atomic mass is 32.2. The van der Waals surface area contributed by atoms with E-state index in [1.807, 2.05) is 72.2 Å². The molecule has 1 heterocycles. The zero-order valence-electron chi connectivity index (χ0n) is 18.9. The second-order valence-corrected chi connectivity index (χ2v) is 9.19. The number of carbonyl (C=O) groups excluding carboxylic acids is 1. The molecule has 2 aromatic carbocycles. The summed E-state index contributed by atoms with van der Waals surface area (Å²) in [6, 6.07) is 17.9. The number of ether oxygens (including phenoxy) is 1. The summed E-state index contributed by atoms with van der Waals surface area (Å²) >= 11 is 1.38. The lowest BCUT2D eigenvalue weighted by atomic mass is 10.1. The van der Waals surface area contributed by atoms with Gasteiger partial charge in [-0.1, -0.05) is 48.2 Å². The second-order valence-electron chi connectivity index (χ2n) is 8.24. The summed E-state index contributed by atoms with van der Waals surface area (Å²) in [6.07, 6.45) is 6.90. The topological polar surface area (TPSA) is 69.0 Å². The number of aromatic nitrogens is 3. The van der Waals surface area contributed by atoms with Crippen LogP contribution in [0.15, 0.2) is 72.4 Å². The molecule has 0 spiro atoms. The number of hydrogen-bond donors (Lipinski definition) is 1. The van der Waals surface area contributed by atoms with E-state index in [-0.39, 0.29) is 17.7 Å². The quantitative estimate of drug-likeness (QED) is 0.322. The summed E-state index contributed by atoms with van der Waals surface area (Å²) in [5.41, 5.74) is 2.03. The maximum Gasteiger partial charge on any atom is 0.230 e. The number of amides is 1. The van der Waals surface area contributed by atoms with E-state index in [4.69, 9.17) is 4.74 Å². The molecule has 1 aliphatic carbocycles. The van der Waals surface area contributed by atoms with Crippen LogP contribution in [-0.2, 0) is 11.3 Å². The van der Waals surface area contributed by atoms with Crippen molar-refractivity contribution in [2.45, 2.75) is 56.5 Å². The molecule has 7 heteroatoms. The van der Waals surface area contributed by atoms with E-state index >= 15 is 0 Å². The van der Waals surface area contributed by atoms with Gasteiger partial charge in [0.25, 0.3) is 0 Å². The number of benzene rings is 2. The highest BCUT2D eigenvalue weighted by Crippen LogP contribution is 2.28. The molecule has 1 aromatic heterocycles. The van der Waals surface area contributed by atoms with Crippen molar-refractivity contribution in [1.29, 1.82) is 0 Å². The molecule has 0 radical (unpaired) electrons. The Labute approximate surface area is 199 Å². The predicted molar refractivity (Wildman–Crippen MR) is 132 cm³/mol. The van der Waals surface area contributed by atoms with Gasteiger partial charge in [-0.05, 0) is 62.4 Å². The molecule has 6 nitrogen and oxygen atoms in total. The molecule has 172 valence electrons. The maximum absolute atomic E-state index is 12.5. The largest absolute Gasteiger partial charge is 0.490 e. The van der Waals surface area contributed by atoms with Gasteiger partial charge < -0.3 is 10.1 Å². The summed E-state index contributed by atoms with van der Waals surface area (Å²) in [6.45, 7) is 6.41. The Bertz CT molecular complexity index is 1060. The van der Waals surface area contributed by atoms with Crippen LogP contribution in [0, 0.1) is 0 Å². The van der Waals surface area contributed by atoms with Crippen LogP contribution in [0.2, 0.25) is 0 Å². The van der Waals surface area contributed by atoms with Crippen molar-refractivity contribution < 1.29 is 9.53 Å². The molecule has 1 aliphatic rings. The molecule has 1 amide bonds. The average Bonchev–Trinajstić information content (AvgIpc) is 3.49. The number of nitrogens with zero attached hydrogens (tertiary/aromatic N) is 3. The smallest absolute Gasteiger partial charge is 0.230 e. The van der Waals surface area contributed by atoms with E-state index in [0.717, 1.165) is 35.5 Å². The highest BCUT2D eigenvalue weighted by molar-refractivity contribution is 7.99. The summed E-state index contributed by atoms with van der Waals surface area (Å²) in [4.78, 5) is 12.5. The van der Waals surface area contributed by atoms with Crippen LogP contribution in [0.25, 0.3) is 11.4 Å². The highest BCUT2D eigenvalue weighted by Gasteiger charge is 2.18. The third-order valence-electron chi connectivity index (χ3n) is 5.76. The third kappa shape index (κ3) is 6.05. The van der Waals surface area contributed by atoms with Gasteiger partial charge in [0.05, 0.1) is 17.9 Å². The molecule has 1 N–H and O–H groups in total. The minimum Gasteiger partial charge on any atom is -0.490 e. The Morgan fingerprint density at radius 2 is 1.91 bits per heavy atom. The Morgan fingerprint density at radius 1 is 1.18 bits per heavy atom. The van der Waals surface area contributed by atoms with Crippen LogP contribution in [-0.4, -0.2) is 32.5 Å². The molecule has 0 bridgehead atoms. The van der Waals surface area contributed by atoms with Gasteiger partial charge in [-0.15, -0.1) is 16.8 Å². The lowest BCUT2D eigenvalue weighted by Crippen LogP contribution is -2.28. The minimum atomic E-state index is -0.0501. The van der Waals surface area contributed by atoms with Crippen LogP contribution in [0.4, 0.5) is 0 Å². The molecular weight excluding hydrogens is 432 g/mol. The average molecular weight is 463 g/mol. The molecule has 0 aliphatic heterocycles. The van der Waals surface area contributed by atoms with Crippen molar-refractivity contribution in [3.63, 3.8) is 0 Å². The number of hydrogen-bond acceptors (Lipinski definition) is 5. The van der Waals surface area contributed by atoms with Crippen LogP contribution < -0.4 is 10.1 Å². The maximum atomic E-state index is 12.5. The van der Waals surface area contributed by atoms with Gasteiger partial charge in [-0.25, -0.2) is 0 Å². The van der Waals surface area contributed by atoms with E-state index in [1.165, 1.54) is 24.6 Å². The van der Waals surface area contributed by atoms with E-state index in [2.05, 4.69) is 22.1 Å². The van der Waals surface area contributed by atoms with Crippen molar-refractivity contribution in [2.24, 2.45) is 0 Å². The first-order chi connectivity index (χ1) is 16.1. The molecule has 1 unspecified atom stereocenters. The van der Waals surface area contributed by atoms with Gasteiger partial charge in [0.2, 0.25) is 5.91 Å². The Kier molecular flexibility index (Phi) is 7.83. The fourth-order valence-electron chi connectivity index (χ4n) is 4.02. The van der Waals surface area contributed by atoms with Crippen molar-refractivity contribution in [1.82, 2.24) is 20.1 Å². The number of carbonyl (C=O) groups is 1. The van der Waals surface area contributed by atoms with Gasteiger partial charge in [0.15, 0.2) is 11.0 Å². The summed E-state index contributed by atoms with van der Waals surface area (Å²) in [5.74, 6) is 1.86. The lowest BCUT2D eigenvalue weighted by Gasteiger charge is -2.14. The number of allylic oxidation sites excluding steroid dienone is 1. The van der Waals surface area contributed by atoms with Crippen LogP contribution in [0.3, 0.4) is 0 Å². The molecule has 0 saturated heterocycles. The van der Waals surface area contributed by atoms with E-state index in [9.17, 15) is 4.79 Å². The van der Waals surface area contributed by atoms with Crippen molar-refractivity contribution in [2.75, 3.05) is 5.75 Å². The van der Waals surface area contributed by atoms with Crippen molar-refractivity contribution in [3.05, 3.63) is 72.8 Å². The molecule has 1 fully saturated rings. The molecule has 3 aromatic rings. The van der Waals surface area contributed by atoms with Gasteiger partial charge in [0, 0.05) is 12.1 Å². The van der Waals surface area contributed by atoms with E-state index in [0.29, 0.717) is 17.8 Å². The van der Waals surface area contributed by atoms with Crippen LogP contribution in [0.1, 0.15) is 44.2 Å². The Hall–Kier alpha value is -3.06. The fraction of sp³-hybridized carbons (Fsp3) is 0.346. The number of rotatable bonds is 10. The second kappa shape index (κ2) is 11.2. The van der Waals surface area contributed by atoms with Gasteiger partial charge in [0.1, 0.15) is 5.75 Å². The van der Waals surface area contributed by atoms with Gasteiger partial charge in [-0.3, -0.25) is 9.36 Å². The minimum absolute atomic E-state index is 0.0422. The van der Waals surface area contributed by atoms with Crippen molar-refractivity contribution in [3.8, 4) is 17.1 Å². The monoisotopic (exact) mass is 462 g/mol. The Balaban J connectivity index is 1.39. The van der Waals surface area contributed by atoms with Crippen LogP contribution in [0.5, 0.6) is 5.75 Å². The predicted octanol–water partition coefficient (Wildman–Crippen LogP) is 5.42. The SMILES string of the molecule is C=CCn1c(SCC(=O)NC(C)c2ccccc2)nnc1-c1ccc(OC2CCCC2)cc1. The zero-order valence-corrected chi connectivity index (χ0v) is 19.8. The first-order valence-corrected chi connectivity index (χ1v) is 12.4. The molecule has 1 saturated carbocycles. The first-order valence-electron chi connectivity index (χ1n) is 11.4. The Morgan fingerprint density at radius 3 is 2.61 bits per heavy atom. The zero-order chi connectivity index (χ0) is 23.0. The number of nitrogens with one attached hydrogen (secondary N) is 1. The summed E-state index contributed by atoms with van der Waals surface area (Å²) in [7, 11) is 0. The molecule has 1 atom stereocenters. The molecular formula is C26H30N4O2S. The van der Waals surface area contributed by atoms with Gasteiger partial charge in [-0.2, -0.15) is 0 Å². The normalized spacial score (nSPS) is 14.7. The van der Waals surface area contributed by atoms with Crippen molar-refractivity contribution >= 4 is 17.7 Å². The summed E-state index contributed by atoms with van der Waals surface area (Å²) < 4.78 is 8.05. The van der Waals surface area contributed by atoms with E-state index in [1.54, 1.807) is 0 Å². The van der Waals surface area contributed by atoms with Crippen LogP contribution >= 0.6 is 11.8 Å². The van der Waals surface area contributed by atoms with E-state index < -0.39 is 0 Å². The lowest BCUT2D eigenvalue weighted by molar-refractivity contribution is -0.119. The third-order valence-corrected chi connectivity index (χ3v) is 6.72. The molecule has 33 heavy (non-hydrogen) atoms. The summed E-state index contributed by atoms with van der Waals surface area (Å²) in [5, 5.41) is 12.5. The first kappa shape index (κ1) is 23.1. The number of thioether (sulfide) groups is 1. The standard InChI is InChI=1S/C26H30N4O2S/c1-3-17-30-25(21-13-15-23(16-14-21)32-22-11-7-8-12-22)28-29-26(30)33-18-24(31)27-19(2)20-9-5-4-6-10-20/h3-6,9-10,13-16,19,22H,1,7-8,11-12,17-18H2,2H3,(H,27,31). The van der Waals surface area contributed by atoms with Gasteiger partial charge >= 0.3 is 0 Å². The fourth-order valence-corrected chi connectivity index (χ4v) is 4.78. The molecule has 4 rings (SSSR count).